The Morgan fingerprint density at radius 1 is 1.08 bits per heavy atom. The molecule has 0 unspecified atom stereocenters. The van der Waals surface area contributed by atoms with Gasteiger partial charge in [0, 0.05) is 44.0 Å². The molecule has 1 aliphatic rings. The van der Waals surface area contributed by atoms with Gasteiger partial charge in [0.2, 0.25) is 0 Å². The summed E-state index contributed by atoms with van der Waals surface area (Å²) in [6.45, 7) is 1.57. The highest BCUT2D eigenvalue weighted by Gasteiger charge is 2.20. The average Bonchev–Trinajstić information content (AvgIpc) is 2.62. The summed E-state index contributed by atoms with van der Waals surface area (Å²) < 4.78 is 11.1. The van der Waals surface area contributed by atoms with E-state index in [-0.39, 0.29) is 12.7 Å². The summed E-state index contributed by atoms with van der Waals surface area (Å²) in [5.41, 5.74) is 1.20. The fourth-order valence-electron chi connectivity index (χ4n) is 2.74. The molecular formula is C18H20N2O4. The normalized spacial score (nSPS) is 15.1. The summed E-state index contributed by atoms with van der Waals surface area (Å²) in [5.74, 6) is 0.313. The van der Waals surface area contributed by atoms with E-state index < -0.39 is 5.97 Å². The summed E-state index contributed by atoms with van der Waals surface area (Å²) in [4.78, 5) is 16.9. The molecular weight excluding hydrogens is 308 g/mol. The number of anilines is 1. The van der Waals surface area contributed by atoms with E-state index in [4.69, 9.17) is 14.6 Å². The van der Waals surface area contributed by atoms with Gasteiger partial charge in [-0.15, -0.1) is 0 Å². The van der Waals surface area contributed by atoms with Crippen LogP contribution in [0, 0.1) is 0 Å². The molecule has 0 amide bonds. The first kappa shape index (κ1) is 16.1. The lowest BCUT2D eigenvalue weighted by Gasteiger charge is -2.33. The standard InChI is InChI=1S/C18H20N2O4/c21-18(22)13-23-15-1-3-16(4-2-15)24-17-7-11-20(12-8-17)14-5-9-19-10-6-14/h1-6,9-10,17H,7-8,11-13H2,(H,21,22). The van der Waals surface area contributed by atoms with Crippen LogP contribution in [0.25, 0.3) is 0 Å². The van der Waals surface area contributed by atoms with Crippen LogP contribution in [0.5, 0.6) is 11.5 Å². The molecule has 0 spiro atoms. The molecule has 0 bridgehead atoms. The Kier molecular flexibility index (Phi) is 5.15. The molecule has 0 aliphatic carbocycles. The van der Waals surface area contributed by atoms with Crippen molar-refractivity contribution in [2.75, 3.05) is 24.6 Å². The zero-order valence-electron chi connectivity index (χ0n) is 13.3. The van der Waals surface area contributed by atoms with Gasteiger partial charge < -0.3 is 19.5 Å². The quantitative estimate of drug-likeness (QED) is 0.879. The fourth-order valence-corrected chi connectivity index (χ4v) is 2.74. The first-order chi connectivity index (χ1) is 11.7. The summed E-state index contributed by atoms with van der Waals surface area (Å²) in [6.07, 6.45) is 5.73. The number of aliphatic carboxylic acids is 1. The Bertz CT molecular complexity index is 652. The highest BCUT2D eigenvalue weighted by molar-refractivity contribution is 5.68. The van der Waals surface area contributed by atoms with Gasteiger partial charge in [0.15, 0.2) is 6.61 Å². The molecule has 126 valence electrons. The summed E-state index contributed by atoms with van der Waals surface area (Å²) in [5, 5.41) is 8.59. The summed E-state index contributed by atoms with van der Waals surface area (Å²) >= 11 is 0. The molecule has 1 N–H and O–H groups in total. The minimum atomic E-state index is -0.990. The van der Waals surface area contributed by atoms with E-state index in [1.165, 1.54) is 5.69 Å². The van der Waals surface area contributed by atoms with Crippen LogP contribution in [0.2, 0.25) is 0 Å². The number of ether oxygens (including phenoxy) is 2. The van der Waals surface area contributed by atoms with Gasteiger partial charge in [0.25, 0.3) is 0 Å². The molecule has 2 aromatic rings. The third-order valence-electron chi connectivity index (χ3n) is 3.96. The smallest absolute Gasteiger partial charge is 0.341 e. The number of hydrogen-bond donors (Lipinski definition) is 1. The summed E-state index contributed by atoms with van der Waals surface area (Å²) in [6, 6.07) is 11.1. The summed E-state index contributed by atoms with van der Waals surface area (Å²) in [7, 11) is 0. The van der Waals surface area contributed by atoms with Crippen LogP contribution < -0.4 is 14.4 Å². The number of carboxylic acid groups (broad SMARTS) is 1. The molecule has 3 rings (SSSR count). The number of nitrogens with zero attached hydrogens (tertiary/aromatic N) is 2. The van der Waals surface area contributed by atoms with Crippen molar-refractivity contribution in [1.82, 2.24) is 4.98 Å². The number of carboxylic acids is 1. The van der Waals surface area contributed by atoms with Crippen LogP contribution in [0.4, 0.5) is 5.69 Å². The first-order valence-corrected chi connectivity index (χ1v) is 7.97. The number of pyridine rings is 1. The Hall–Kier alpha value is -2.76. The number of rotatable bonds is 6. The second-order valence-electron chi connectivity index (χ2n) is 5.66. The molecule has 6 nitrogen and oxygen atoms in total. The van der Waals surface area contributed by atoms with Gasteiger partial charge in [0.05, 0.1) is 0 Å². The average molecular weight is 328 g/mol. The Morgan fingerprint density at radius 3 is 2.33 bits per heavy atom. The molecule has 6 heteroatoms. The van der Waals surface area contributed by atoms with Crippen molar-refractivity contribution in [1.29, 1.82) is 0 Å². The van der Waals surface area contributed by atoms with Gasteiger partial charge in [-0.05, 0) is 36.4 Å². The lowest BCUT2D eigenvalue weighted by molar-refractivity contribution is -0.139. The van der Waals surface area contributed by atoms with E-state index >= 15 is 0 Å². The Balaban J connectivity index is 1.48. The fraction of sp³-hybridized carbons (Fsp3) is 0.333. The van der Waals surface area contributed by atoms with E-state index in [9.17, 15) is 4.79 Å². The van der Waals surface area contributed by atoms with Crippen LogP contribution >= 0.6 is 0 Å². The van der Waals surface area contributed by atoms with Crippen LogP contribution in [-0.2, 0) is 4.79 Å². The van der Waals surface area contributed by atoms with Crippen molar-refractivity contribution in [3.8, 4) is 11.5 Å². The van der Waals surface area contributed by atoms with E-state index in [1.54, 1.807) is 12.1 Å². The number of hydrogen-bond acceptors (Lipinski definition) is 5. The zero-order chi connectivity index (χ0) is 16.8. The minimum Gasteiger partial charge on any atom is -0.490 e. The highest BCUT2D eigenvalue weighted by atomic mass is 16.5. The SMILES string of the molecule is O=C(O)COc1ccc(OC2CCN(c3ccncc3)CC2)cc1. The van der Waals surface area contributed by atoms with E-state index in [0.717, 1.165) is 31.7 Å². The maximum absolute atomic E-state index is 10.5. The van der Waals surface area contributed by atoms with Gasteiger partial charge in [-0.1, -0.05) is 0 Å². The molecule has 1 aliphatic heterocycles. The Labute approximate surface area is 140 Å². The molecule has 1 aromatic carbocycles. The van der Waals surface area contributed by atoms with Crippen molar-refractivity contribution in [3.05, 3.63) is 48.8 Å². The van der Waals surface area contributed by atoms with E-state index in [1.807, 2.05) is 36.7 Å². The third kappa shape index (κ3) is 4.38. The lowest BCUT2D eigenvalue weighted by atomic mass is 10.1. The van der Waals surface area contributed by atoms with Gasteiger partial charge >= 0.3 is 5.97 Å². The molecule has 1 aromatic heterocycles. The second kappa shape index (κ2) is 7.68. The Morgan fingerprint density at radius 2 is 1.71 bits per heavy atom. The predicted octanol–water partition coefficient (Wildman–Crippen LogP) is 2.59. The van der Waals surface area contributed by atoms with E-state index in [0.29, 0.717) is 5.75 Å². The van der Waals surface area contributed by atoms with Crippen LogP contribution in [0.3, 0.4) is 0 Å². The maximum Gasteiger partial charge on any atom is 0.341 e. The van der Waals surface area contributed by atoms with Gasteiger partial charge in [-0.2, -0.15) is 0 Å². The van der Waals surface area contributed by atoms with Crippen molar-refractivity contribution in [3.63, 3.8) is 0 Å². The first-order valence-electron chi connectivity index (χ1n) is 7.97. The van der Waals surface area contributed by atoms with Crippen LogP contribution in [-0.4, -0.2) is 41.9 Å². The molecule has 24 heavy (non-hydrogen) atoms. The van der Waals surface area contributed by atoms with Crippen LogP contribution in [0.1, 0.15) is 12.8 Å². The largest absolute Gasteiger partial charge is 0.490 e. The number of aromatic nitrogens is 1. The number of benzene rings is 1. The molecule has 1 saturated heterocycles. The number of carbonyl (C=O) groups is 1. The van der Waals surface area contributed by atoms with Gasteiger partial charge in [0.1, 0.15) is 17.6 Å². The molecule has 1 fully saturated rings. The van der Waals surface area contributed by atoms with Crippen molar-refractivity contribution < 1.29 is 19.4 Å². The molecule has 0 saturated carbocycles. The van der Waals surface area contributed by atoms with Crippen molar-refractivity contribution in [2.24, 2.45) is 0 Å². The topological polar surface area (TPSA) is 71.9 Å². The second-order valence-corrected chi connectivity index (χ2v) is 5.66. The van der Waals surface area contributed by atoms with Gasteiger partial charge in [-0.3, -0.25) is 4.98 Å². The number of piperidine rings is 1. The predicted molar refractivity (Wildman–Crippen MR) is 89.7 cm³/mol. The van der Waals surface area contributed by atoms with Crippen LogP contribution in [0.15, 0.2) is 48.8 Å². The highest BCUT2D eigenvalue weighted by Crippen LogP contribution is 2.24. The van der Waals surface area contributed by atoms with Gasteiger partial charge in [-0.25, -0.2) is 4.79 Å². The molecule has 0 radical (unpaired) electrons. The zero-order valence-corrected chi connectivity index (χ0v) is 13.3. The van der Waals surface area contributed by atoms with Crippen molar-refractivity contribution >= 4 is 11.7 Å². The monoisotopic (exact) mass is 328 g/mol. The molecule has 2 heterocycles. The van der Waals surface area contributed by atoms with E-state index in [2.05, 4.69) is 9.88 Å². The molecule has 0 atom stereocenters. The minimum absolute atomic E-state index is 0.189. The van der Waals surface area contributed by atoms with Crippen molar-refractivity contribution in [2.45, 2.75) is 18.9 Å². The lowest BCUT2D eigenvalue weighted by Crippen LogP contribution is -2.38. The maximum atomic E-state index is 10.5. The third-order valence-corrected chi connectivity index (χ3v) is 3.96.